The first-order valence-corrected chi connectivity index (χ1v) is 10.3. The molecule has 0 saturated heterocycles. The second-order valence-corrected chi connectivity index (χ2v) is 8.20. The molecule has 0 spiro atoms. The fraction of sp³-hybridized carbons (Fsp3) is 0.231. The third-order valence-corrected chi connectivity index (χ3v) is 5.30. The van der Waals surface area contributed by atoms with Gasteiger partial charge in [-0.25, -0.2) is 14.8 Å². The van der Waals surface area contributed by atoms with E-state index in [1.807, 2.05) is 54.6 Å². The van der Waals surface area contributed by atoms with Gasteiger partial charge in [0, 0.05) is 17.2 Å². The first-order chi connectivity index (χ1) is 14.8. The first-order valence-electron chi connectivity index (χ1n) is 10.3. The molecule has 5 nitrogen and oxygen atoms in total. The van der Waals surface area contributed by atoms with Crippen LogP contribution in [0.15, 0.2) is 72.8 Å². The highest BCUT2D eigenvalue weighted by molar-refractivity contribution is 5.96. The predicted molar refractivity (Wildman–Crippen MR) is 123 cm³/mol. The van der Waals surface area contributed by atoms with Crippen molar-refractivity contribution >= 4 is 33.6 Å². The van der Waals surface area contributed by atoms with Gasteiger partial charge in [-0.15, -0.1) is 0 Å². The molecule has 0 amide bonds. The molecule has 31 heavy (non-hydrogen) atoms. The number of aromatic carboxylic acids is 1. The van der Waals surface area contributed by atoms with Crippen LogP contribution in [-0.4, -0.2) is 26.8 Å². The fourth-order valence-electron chi connectivity index (χ4n) is 3.06. The molecular weight excluding hydrogens is 388 g/mol. The standard InChI is InChI=1S/C16H19NO.C10H7NO2/c1-4-16(2,3)11-15(18)14-10-9-12-7-5-6-8-13(12)17-14;12-10(13)9-6-5-7-3-1-2-4-8(7)11-9/h5-10H,4,11H2,1-3H3;1-6H,(H,12,13). The van der Waals surface area contributed by atoms with Crippen molar-refractivity contribution in [1.29, 1.82) is 0 Å². The Morgan fingerprint density at radius 1 is 0.774 bits per heavy atom. The summed E-state index contributed by atoms with van der Waals surface area (Å²) < 4.78 is 0. The lowest BCUT2D eigenvalue weighted by Crippen LogP contribution is -2.16. The molecule has 2 aromatic heterocycles. The highest BCUT2D eigenvalue weighted by Crippen LogP contribution is 2.26. The van der Waals surface area contributed by atoms with Gasteiger partial charge in [0.1, 0.15) is 11.4 Å². The number of carboxylic acids is 1. The number of hydrogen-bond donors (Lipinski definition) is 1. The Labute approximate surface area is 181 Å². The number of carbonyl (C=O) groups is 2. The van der Waals surface area contributed by atoms with Gasteiger partial charge < -0.3 is 5.11 Å². The number of aromatic nitrogens is 2. The molecule has 0 fully saturated rings. The van der Waals surface area contributed by atoms with Crippen molar-refractivity contribution < 1.29 is 14.7 Å². The van der Waals surface area contributed by atoms with Crippen molar-refractivity contribution in [2.45, 2.75) is 33.6 Å². The molecule has 5 heteroatoms. The van der Waals surface area contributed by atoms with E-state index in [1.54, 1.807) is 12.1 Å². The zero-order valence-electron chi connectivity index (χ0n) is 18.0. The molecule has 1 N–H and O–H groups in total. The van der Waals surface area contributed by atoms with Gasteiger partial charge in [-0.05, 0) is 29.7 Å². The highest BCUT2D eigenvalue weighted by atomic mass is 16.4. The molecule has 0 radical (unpaired) electrons. The monoisotopic (exact) mass is 414 g/mol. The number of fused-ring (bicyclic) bond motifs is 2. The second-order valence-electron chi connectivity index (χ2n) is 8.20. The number of hydrogen-bond acceptors (Lipinski definition) is 4. The Morgan fingerprint density at radius 3 is 1.77 bits per heavy atom. The highest BCUT2D eigenvalue weighted by Gasteiger charge is 2.21. The minimum atomic E-state index is -0.995. The number of benzene rings is 2. The zero-order chi connectivity index (χ0) is 22.4. The quantitative estimate of drug-likeness (QED) is 0.395. The minimum absolute atomic E-state index is 0.0460. The number of pyridine rings is 2. The van der Waals surface area contributed by atoms with Crippen LogP contribution in [0.1, 0.15) is 54.6 Å². The van der Waals surface area contributed by atoms with Crippen molar-refractivity contribution in [1.82, 2.24) is 9.97 Å². The van der Waals surface area contributed by atoms with E-state index in [4.69, 9.17) is 5.11 Å². The number of nitrogens with zero attached hydrogens (tertiary/aromatic N) is 2. The average molecular weight is 415 g/mol. The summed E-state index contributed by atoms with van der Waals surface area (Å²) >= 11 is 0. The van der Waals surface area contributed by atoms with Gasteiger partial charge in [-0.1, -0.05) is 75.7 Å². The van der Waals surface area contributed by atoms with E-state index in [-0.39, 0.29) is 16.9 Å². The second kappa shape index (κ2) is 9.47. The maximum absolute atomic E-state index is 12.2. The average Bonchev–Trinajstić information content (AvgIpc) is 2.78. The van der Waals surface area contributed by atoms with Crippen LogP contribution in [0.25, 0.3) is 21.8 Å². The summed E-state index contributed by atoms with van der Waals surface area (Å²) in [7, 11) is 0. The maximum Gasteiger partial charge on any atom is 0.354 e. The molecule has 2 heterocycles. The van der Waals surface area contributed by atoms with Crippen LogP contribution in [-0.2, 0) is 0 Å². The van der Waals surface area contributed by atoms with Gasteiger partial charge in [-0.2, -0.15) is 0 Å². The van der Waals surface area contributed by atoms with E-state index in [0.29, 0.717) is 17.6 Å². The van der Waals surface area contributed by atoms with Gasteiger partial charge >= 0.3 is 5.97 Å². The fourth-order valence-corrected chi connectivity index (χ4v) is 3.06. The molecule has 0 saturated carbocycles. The van der Waals surface area contributed by atoms with E-state index in [0.717, 1.165) is 22.7 Å². The first kappa shape index (κ1) is 22.1. The summed E-state index contributed by atoms with van der Waals surface area (Å²) in [5, 5.41) is 10.7. The molecule has 2 aromatic carbocycles. The summed E-state index contributed by atoms with van der Waals surface area (Å²) in [5.41, 5.74) is 2.30. The molecule has 0 aliphatic rings. The van der Waals surface area contributed by atoms with Crippen LogP contribution in [0.5, 0.6) is 0 Å². The lowest BCUT2D eigenvalue weighted by atomic mass is 9.84. The molecular formula is C26H26N2O3. The van der Waals surface area contributed by atoms with Crippen molar-refractivity contribution in [3.63, 3.8) is 0 Å². The van der Waals surface area contributed by atoms with Gasteiger partial charge in [-0.3, -0.25) is 4.79 Å². The Balaban J connectivity index is 0.000000185. The summed E-state index contributed by atoms with van der Waals surface area (Å²) in [6, 6.07) is 22.3. The number of rotatable bonds is 5. The molecule has 0 bridgehead atoms. The SMILES string of the molecule is CCC(C)(C)CC(=O)c1ccc2ccccc2n1.O=C(O)c1ccc2ccccc2n1. The molecule has 0 aliphatic heterocycles. The lowest BCUT2D eigenvalue weighted by molar-refractivity contribution is 0.0690. The van der Waals surface area contributed by atoms with E-state index in [2.05, 4.69) is 30.7 Å². The third-order valence-electron chi connectivity index (χ3n) is 5.30. The van der Waals surface area contributed by atoms with Crippen LogP contribution in [0, 0.1) is 5.41 Å². The smallest absolute Gasteiger partial charge is 0.354 e. The van der Waals surface area contributed by atoms with Crippen molar-refractivity contribution in [2.24, 2.45) is 5.41 Å². The number of carboxylic acid groups (broad SMARTS) is 1. The zero-order valence-corrected chi connectivity index (χ0v) is 18.0. The maximum atomic E-state index is 12.2. The molecule has 158 valence electrons. The Morgan fingerprint density at radius 2 is 1.26 bits per heavy atom. The van der Waals surface area contributed by atoms with E-state index < -0.39 is 5.97 Å². The van der Waals surface area contributed by atoms with Gasteiger partial charge in [0.05, 0.1) is 11.0 Å². The van der Waals surface area contributed by atoms with Crippen molar-refractivity contribution in [2.75, 3.05) is 0 Å². The minimum Gasteiger partial charge on any atom is -0.477 e. The number of ketones is 1. The van der Waals surface area contributed by atoms with Crippen LogP contribution >= 0.6 is 0 Å². The van der Waals surface area contributed by atoms with Crippen LogP contribution in [0.2, 0.25) is 0 Å². The Kier molecular flexibility index (Phi) is 6.75. The van der Waals surface area contributed by atoms with Gasteiger partial charge in [0.15, 0.2) is 5.78 Å². The molecule has 4 aromatic rings. The van der Waals surface area contributed by atoms with E-state index in [9.17, 15) is 9.59 Å². The van der Waals surface area contributed by atoms with Crippen molar-refractivity contribution in [3.8, 4) is 0 Å². The number of para-hydroxylation sites is 2. The number of carbonyl (C=O) groups excluding carboxylic acids is 1. The largest absolute Gasteiger partial charge is 0.477 e. The molecule has 0 atom stereocenters. The van der Waals surface area contributed by atoms with E-state index >= 15 is 0 Å². The normalized spacial score (nSPS) is 11.1. The third kappa shape index (κ3) is 5.72. The van der Waals surface area contributed by atoms with Gasteiger partial charge in [0.25, 0.3) is 0 Å². The van der Waals surface area contributed by atoms with E-state index in [1.165, 1.54) is 6.07 Å². The Bertz CT molecular complexity index is 1230. The summed E-state index contributed by atoms with van der Waals surface area (Å²) in [6.07, 6.45) is 1.54. The predicted octanol–water partition coefficient (Wildman–Crippen LogP) is 6.18. The van der Waals surface area contributed by atoms with Gasteiger partial charge in [0.2, 0.25) is 0 Å². The Hall–Kier alpha value is -3.60. The van der Waals surface area contributed by atoms with Crippen LogP contribution in [0.3, 0.4) is 0 Å². The van der Waals surface area contributed by atoms with Crippen LogP contribution < -0.4 is 0 Å². The van der Waals surface area contributed by atoms with Crippen LogP contribution in [0.4, 0.5) is 0 Å². The molecule has 0 aliphatic carbocycles. The summed E-state index contributed by atoms with van der Waals surface area (Å²) in [5.74, 6) is -0.863. The van der Waals surface area contributed by atoms with Crippen molar-refractivity contribution in [3.05, 3.63) is 84.2 Å². The lowest BCUT2D eigenvalue weighted by Gasteiger charge is -2.21. The number of Topliss-reactive ketones (excluding diaryl/α,β-unsaturated/α-hetero) is 1. The molecule has 4 rings (SSSR count). The summed E-state index contributed by atoms with van der Waals surface area (Å²) in [6.45, 7) is 6.35. The topological polar surface area (TPSA) is 80.2 Å². The summed E-state index contributed by atoms with van der Waals surface area (Å²) in [4.78, 5) is 31.2. The molecule has 0 unspecified atom stereocenters.